The van der Waals surface area contributed by atoms with Gasteiger partial charge in [0.25, 0.3) is 0 Å². The quantitative estimate of drug-likeness (QED) is 0.823. The highest BCUT2D eigenvalue weighted by Gasteiger charge is 2.27. The average Bonchev–Trinajstić information content (AvgIpc) is 2.90. The van der Waals surface area contributed by atoms with Gasteiger partial charge in [0.1, 0.15) is 0 Å². The van der Waals surface area contributed by atoms with Crippen LogP contribution in [0.25, 0.3) is 0 Å². The third kappa shape index (κ3) is 2.60. The minimum Gasteiger partial charge on any atom is -0.335 e. The summed E-state index contributed by atoms with van der Waals surface area (Å²) in [5.41, 5.74) is 2.39. The first-order valence-electron chi connectivity index (χ1n) is 7.40. The fourth-order valence-corrected chi connectivity index (χ4v) is 3.31. The third-order valence-electron chi connectivity index (χ3n) is 4.27. The van der Waals surface area contributed by atoms with Crippen LogP contribution in [0.1, 0.15) is 38.2 Å². The normalized spacial score (nSPS) is 23.2. The van der Waals surface area contributed by atoms with Crippen molar-refractivity contribution in [3.05, 3.63) is 29.8 Å². The highest BCUT2D eigenvalue weighted by molar-refractivity contribution is 5.93. The zero-order valence-corrected chi connectivity index (χ0v) is 11.6. The molecule has 2 amide bonds. The van der Waals surface area contributed by atoms with Gasteiger partial charge in [-0.3, -0.25) is 4.90 Å². The number of fused-ring (bicyclic) bond motifs is 1. The second-order valence-electron chi connectivity index (χ2n) is 5.98. The van der Waals surface area contributed by atoms with Gasteiger partial charge in [0, 0.05) is 18.3 Å². The number of benzene rings is 1. The van der Waals surface area contributed by atoms with Crippen molar-refractivity contribution in [2.45, 2.75) is 45.1 Å². The SMILES string of the molecule is CC1Cc2ccccc2N(C(=O)NC2CCCC2)C1. The molecule has 0 spiro atoms. The molecule has 1 saturated carbocycles. The molecule has 2 aliphatic rings. The van der Waals surface area contributed by atoms with Crippen molar-refractivity contribution in [3.8, 4) is 0 Å². The Morgan fingerprint density at radius 2 is 2.00 bits per heavy atom. The van der Waals surface area contributed by atoms with Crippen molar-refractivity contribution in [1.82, 2.24) is 5.32 Å². The van der Waals surface area contributed by atoms with Gasteiger partial charge in [-0.1, -0.05) is 38.0 Å². The van der Waals surface area contributed by atoms with E-state index in [1.165, 1.54) is 18.4 Å². The summed E-state index contributed by atoms with van der Waals surface area (Å²) in [5.74, 6) is 0.532. The van der Waals surface area contributed by atoms with E-state index in [4.69, 9.17) is 0 Å². The molecule has 1 aromatic rings. The lowest BCUT2D eigenvalue weighted by Gasteiger charge is -2.34. The molecular weight excluding hydrogens is 236 g/mol. The van der Waals surface area contributed by atoms with Gasteiger partial charge in [-0.05, 0) is 36.8 Å². The van der Waals surface area contributed by atoms with E-state index >= 15 is 0 Å². The highest BCUT2D eigenvalue weighted by atomic mass is 16.2. The van der Waals surface area contributed by atoms with Crippen LogP contribution in [-0.2, 0) is 6.42 Å². The molecule has 3 nitrogen and oxygen atoms in total. The van der Waals surface area contributed by atoms with Crippen LogP contribution in [0.15, 0.2) is 24.3 Å². The maximum Gasteiger partial charge on any atom is 0.322 e. The van der Waals surface area contributed by atoms with Crippen LogP contribution in [0.4, 0.5) is 10.5 Å². The van der Waals surface area contributed by atoms with Gasteiger partial charge < -0.3 is 5.32 Å². The topological polar surface area (TPSA) is 32.3 Å². The number of anilines is 1. The van der Waals surface area contributed by atoms with Gasteiger partial charge >= 0.3 is 6.03 Å². The fraction of sp³-hybridized carbons (Fsp3) is 0.562. The Morgan fingerprint density at radius 3 is 2.79 bits per heavy atom. The molecule has 1 aromatic carbocycles. The molecule has 0 saturated heterocycles. The smallest absolute Gasteiger partial charge is 0.322 e. The van der Waals surface area contributed by atoms with Gasteiger partial charge in [0.15, 0.2) is 0 Å². The zero-order chi connectivity index (χ0) is 13.2. The Balaban J connectivity index is 1.78. The van der Waals surface area contributed by atoms with Crippen molar-refractivity contribution < 1.29 is 4.79 Å². The van der Waals surface area contributed by atoms with E-state index < -0.39 is 0 Å². The lowest BCUT2D eigenvalue weighted by Crippen LogP contribution is -2.47. The minimum atomic E-state index is 0.0888. The van der Waals surface area contributed by atoms with Crippen LogP contribution < -0.4 is 10.2 Å². The van der Waals surface area contributed by atoms with Crippen molar-refractivity contribution in [1.29, 1.82) is 0 Å². The first-order chi connectivity index (χ1) is 9.24. The first kappa shape index (κ1) is 12.5. The number of carbonyl (C=O) groups is 1. The molecule has 1 fully saturated rings. The van der Waals surface area contributed by atoms with E-state index in [2.05, 4.69) is 30.4 Å². The number of hydrogen-bond donors (Lipinski definition) is 1. The molecular formula is C16H22N2O. The van der Waals surface area contributed by atoms with E-state index in [9.17, 15) is 4.79 Å². The molecule has 1 unspecified atom stereocenters. The Kier molecular flexibility index (Phi) is 3.45. The van der Waals surface area contributed by atoms with E-state index in [0.29, 0.717) is 12.0 Å². The molecule has 1 heterocycles. The van der Waals surface area contributed by atoms with Gasteiger partial charge in [-0.25, -0.2) is 4.79 Å². The Hall–Kier alpha value is -1.51. The first-order valence-corrected chi connectivity index (χ1v) is 7.40. The lowest BCUT2D eigenvalue weighted by atomic mass is 9.94. The summed E-state index contributed by atoms with van der Waals surface area (Å²) in [6.07, 6.45) is 5.84. The molecule has 1 N–H and O–H groups in total. The summed E-state index contributed by atoms with van der Waals surface area (Å²) in [4.78, 5) is 14.4. The van der Waals surface area contributed by atoms with Crippen molar-refractivity contribution in [2.75, 3.05) is 11.4 Å². The molecule has 1 aliphatic carbocycles. The molecule has 0 bridgehead atoms. The van der Waals surface area contributed by atoms with Crippen LogP contribution >= 0.6 is 0 Å². The molecule has 1 atom stereocenters. The molecule has 19 heavy (non-hydrogen) atoms. The summed E-state index contributed by atoms with van der Waals surface area (Å²) < 4.78 is 0. The van der Waals surface area contributed by atoms with Crippen LogP contribution in [-0.4, -0.2) is 18.6 Å². The zero-order valence-electron chi connectivity index (χ0n) is 11.6. The summed E-state index contributed by atoms with van der Waals surface area (Å²) in [6.45, 7) is 3.04. The number of carbonyl (C=O) groups excluding carboxylic acids is 1. The van der Waals surface area contributed by atoms with E-state index in [0.717, 1.165) is 31.5 Å². The predicted molar refractivity (Wildman–Crippen MR) is 77.4 cm³/mol. The van der Waals surface area contributed by atoms with Crippen molar-refractivity contribution >= 4 is 11.7 Å². The van der Waals surface area contributed by atoms with Crippen molar-refractivity contribution in [3.63, 3.8) is 0 Å². The average molecular weight is 258 g/mol. The summed E-state index contributed by atoms with van der Waals surface area (Å²) >= 11 is 0. The number of para-hydroxylation sites is 1. The number of hydrogen-bond acceptors (Lipinski definition) is 1. The molecule has 3 heteroatoms. The van der Waals surface area contributed by atoms with Gasteiger partial charge in [-0.2, -0.15) is 0 Å². The number of nitrogens with one attached hydrogen (secondary N) is 1. The van der Waals surface area contributed by atoms with E-state index in [1.807, 2.05) is 11.0 Å². The van der Waals surface area contributed by atoms with Gasteiger partial charge in [-0.15, -0.1) is 0 Å². The summed E-state index contributed by atoms with van der Waals surface area (Å²) in [7, 11) is 0. The van der Waals surface area contributed by atoms with Gasteiger partial charge in [0.05, 0.1) is 0 Å². The Bertz CT molecular complexity index is 466. The van der Waals surface area contributed by atoms with Crippen LogP contribution in [0.5, 0.6) is 0 Å². The van der Waals surface area contributed by atoms with Crippen LogP contribution in [0.3, 0.4) is 0 Å². The lowest BCUT2D eigenvalue weighted by molar-refractivity contribution is 0.241. The minimum absolute atomic E-state index is 0.0888. The summed E-state index contributed by atoms with van der Waals surface area (Å²) in [6, 6.07) is 8.76. The standard InChI is InChI=1S/C16H22N2O/c1-12-10-13-6-2-5-9-15(13)18(11-12)16(19)17-14-7-3-4-8-14/h2,5-6,9,12,14H,3-4,7-8,10-11H2,1H3,(H,17,19). The van der Waals surface area contributed by atoms with Gasteiger partial charge in [0.2, 0.25) is 0 Å². The molecule has 0 radical (unpaired) electrons. The number of rotatable bonds is 1. The number of nitrogens with zero attached hydrogens (tertiary/aromatic N) is 1. The van der Waals surface area contributed by atoms with Crippen LogP contribution in [0.2, 0.25) is 0 Å². The largest absolute Gasteiger partial charge is 0.335 e. The Labute approximate surface area is 115 Å². The fourth-order valence-electron chi connectivity index (χ4n) is 3.31. The molecule has 3 rings (SSSR count). The number of amides is 2. The summed E-state index contributed by atoms with van der Waals surface area (Å²) in [5, 5.41) is 3.20. The molecule has 1 aliphatic heterocycles. The second kappa shape index (κ2) is 5.24. The Morgan fingerprint density at radius 1 is 1.26 bits per heavy atom. The van der Waals surface area contributed by atoms with E-state index in [1.54, 1.807) is 0 Å². The second-order valence-corrected chi connectivity index (χ2v) is 5.98. The molecule has 102 valence electrons. The van der Waals surface area contributed by atoms with Crippen molar-refractivity contribution in [2.24, 2.45) is 5.92 Å². The maximum absolute atomic E-state index is 12.5. The third-order valence-corrected chi connectivity index (χ3v) is 4.27. The maximum atomic E-state index is 12.5. The van der Waals surface area contributed by atoms with E-state index in [-0.39, 0.29) is 6.03 Å². The van der Waals surface area contributed by atoms with Crippen LogP contribution in [0, 0.1) is 5.92 Å². The number of urea groups is 1. The monoisotopic (exact) mass is 258 g/mol. The highest BCUT2D eigenvalue weighted by Crippen LogP contribution is 2.29. The predicted octanol–water partition coefficient (Wildman–Crippen LogP) is 3.34. The molecule has 0 aromatic heterocycles.